The number of hydrazone groups is 1. The molecule has 6 aromatic carbocycles. The van der Waals surface area contributed by atoms with Crippen LogP contribution in [0.1, 0.15) is 268 Å². The molecule has 121 heavy (non-hydrogen) atoms. The van der Waals surface area contributed by atoms with E-state index in [0.29, 0.717) is 54.8 Å². The molecule has 2 saturated carbocycles. The number of aryl methyl sites for hydroxylation is 3. The molecule has 4 fully saturated rings. The second-order valence-corrected chi connectivity index (χ2v) is 42.3. The molecule has 6 aliphatic heterocycles. The molecule has 648 valence electrons. The predicted molar refractivity (Wildman–Crippen MR) is 482 cm³/mol. The van der Waals surface area contributed by atoms with Crippen LogP contribution in [0.4, 0.5) is 11.4 Å². The number of allylic oxidation sites excluding steroid dienone is 1. The highest BCUT2D eigenvalue weighted by Crippen LogP contribution is 2.60. The molecule has 2 saturated heterocycles. The number of benzene rings is 6. The minimum Gasteiger partial charge on any atom is -0.491 e. The summed E-state index contributed by atoms with van der Waals surface area (Å²) >= 11 is 26.6. The maximum Gasteiger partial charge on any atom is 0.335 e. The first-order chi connectivity index (χ1) is 56.3. The van der Waals surface area contributed by atoms with Crippen LogP contribution in [0.5, 0.6) is 5.75 Å². The highest BCUT2D eigenvalue weighted by Gasteiger charge is 2.58. The Morgan fingerprint density at radius 3 is 1.27 bits per heavy atom. The summed E-state index contributed by atoms with van der Waals surface area (Å²) in [5.41, 5.74) is 13.9. The lowest BCUT2D eigenvalue weighted by molar-refractivity contribution is -0.138. The lowest BCUT2D eigenvalue weighted by Gasteiger charge is -2.41. The molecule has 2 aliphatic carbocycles. The van der Waals surface area contributed by atoms with Crippen LogP contribution in [0.3, 0.4) is 0 Å². The lowest BCUT2D eigenvalue weighted by Crippen LogP contribution is -2.44. The number of rotatable bonds is 19. The van der Waals surface area contributed by atoms with E-state index < -0.39 is 39.9 Å². The van der Waals surface area contributed by atoms with Crippen LogP contribution in [0.25, 0.3) is 0 Å². The fourth-order valence-corrected chi connectivity index (χ4v) is 19.1. The molecule has 0 spiro atoms. The van der Waals surface area contributed by atoms with Gasteiger partial charge in [0, 0.05) is 93.8 Å². The molecule has 4 N–H and O–H groups in total. The van der Waals surface area contributed by atoms with Gasteiger partial charge in [0.05, 0.1) is 64.4 Å². The van der Waals surface area contributed by atoms with Gasteiger partial charge in [-0.05, 0) is 260 Å². The van der Waals surface area contributed by atoms with Crippen LogP contribution in [-0.2, 0) is 74.4 Å². The smallest absolute Gasteiger partial charge is 0.335 e. The number of halogens is 4. The number of aromatic carboxylic acids is 2. The first kappa shape index (κ1) is 93.1. The second-order valence-electron chi connectivity index (χ2n) is 40.7. The van der Waals surface area contributed by atoms with E-state index in [1.54, 1.807) is 39.0 Å². The average molecular weight is 1730 g/mol. The molecule has 4 amide bonds. The van der Waals surface area contributed by atoms with Crippen molar-refractivity contribution in [3.05, 3.63) is 227 Å². The number of ether oxygens (including phenoxy) is 3. The van der Waals surface area contributed by atoms with Crippen molar-refractivity contribution in [3.63, 3.8) is 0 Å². The van der Waals surface area contributed by atoms with Gasteiger partial charge >= 0.3 is 17.9 Å². The molecule has 8 aliphatic rings. The number of fused-ring (bicyclic) bond motifs is 4. The third-order valence-electron chi connectivity index (χ3n) is 25.2. The van der Waals surface area contributed by atoms with E-state index in [2.05, 4.69) is 150 Å². The van der Waals surface area contributed by atoms with Crippen molar-refractivity contribution in [2.75, 3.05) is 36.2 Å². The molecule has 6 aromatic rings. The van der Waals surface area contributed by atoms with E-state index in [1.165, 1.54) is 29.8 Å². The second kappa shape index (κ2) is 35.5. The van der Waals surface area contributed by atoms with E-state index in [-0.39, 0.29) is 98.5 Å². The standard InChI is InChI=1S/2C28H32ClNO4.C25H34ClNO3.C18H23ClN2O2/c2*1-26(2,3)13-12-18-6-9-20(14-22(18)29)28-15-24(31)30(16-23(28)27(4,5)34-17-28)21-10-7-19(8-11-21)25(32)33;1-23(2,3)10-8-17-6-7-18(14-19(17)26)25-12-11-24(4,5)20(25)16-27(21(28)15-25)13-9-22(29)30;1-17(2,3)11-23-14-7-6-12(9-13(14)19)18-8-4-5-15(18)20-21-16(22)10-18/h2*6-11,14,16H,12-13,15,17H2,1-5H3,(H,32,33);6-7,14,16H,8-13,15H2,1-5H3,(H,29,30);6-7,9H,4-5,8,10-11H2,1-3H3,(H,21,22)/t28-;;;/m1.../s1. The van der Waals surface area contributed by atoms with Gasteiger partial charge in [-0.15, -0.1) is 0 Å². The van der Waals surface area contributed by atoms with Crippen molar-refractivity contribution < 1.29 is 63.1 Å². The first-order valence-electron chi connectivity index (χ1n) is 42.2. The minimum atomic E-state index is -0.998. The Hall–Kier alpha value is -8.62. The fraction of sp³-hybridized carbons (Fsp3) is 0.495. The van der Waals surface area contributed by atoms with Crippen molar-refractivity contribution in [1.29, 1.82) is 0 Å². The topological polar surface area (TPSA) is 242 Å². The molecule has 14 rings (SSSR count). The summed E-state index contributed by atoms with van der Waals surface area (Å²) in [4.78, 5) is 89.8. The molecule has 0 radical (unpaired) electrons. The molecular weight excluding hydrogens is 1610 g/mol. The molecule has 6 heterocycles. The van der Waals surface area contributed by atoms with Crippen molar-refractivity contribution >= 4 is 105 Å². The molecule has 0 aromatic heterocycles. The third-order valence-corrected chi connectivity index (χ3v) is 26.6. The quantitative estimate of drug-likeness (QED) is 0.0590. The van der Waals surface area contributed by atoms with E-state index in [1.807, 2.05) is 76.6 Å². The molecule has 22 heteroatoms. The van der Waals surface area contributed by atoms with Gasteiger partial charge in [-0.1, -0.05) is 186 Å². The van der Waals surface area contributed by atoms with E-state index in [0.717, 1.165) is 141 Å². The summed E-state index contributed by atoms with van der Waals surface area (Å²) in [5.74, 6) is -2.36. The van der Waals surface area contributed by atoms with Crippen LogP contribution in [0.15, 0.2) is 162 Å². The number of anilines is 2. The number of hydrogen-bond donors (Lipinski definition) is 4. The van der Waals surface area contributed by atoms with Crippen molar-refractivity contribution in [2.24, 2.45) is 32.2 Å². The summed E-state index contributed by atoms with van der Waals surface area (Å²) in [6.45, 7) is 40.5. The number of nitrogens with one attached hydrogen (secondary N) is 1. The van der Waals surface area contributed by atoms with Crippen LogP contribution in [-0.4, -0.2) is 105 Å². The van der Waals surface area contributed by atoms with Crippen LogP contribution < -0.4 is 20.0 Å². The summed E-state index contributed by atoms with van der Waals surface area (Å²) in [6, 6.07) is 37.3. The van der Waals surface area contributed by atoms with Gasteiger partial charge in [-0.3, -0.25) is 33.8 Å². The van der Waals surface area contributed by atoms with Gasteiger partial charge in [0.1, 0.15) is 5.75 Å². The Morgan fingerprint density at radius 2 is 0.876 bits per heavy atom. The zero-order valence-corrected chi connectivity index (χ0v) is 76.7. The van der Waals surface area contributed by atoms with Gasteiger partial charge in [-0.2, -0.15) is 5.10 Å². The monoisotopic (exact) mass is 1730 g/mol. The SMILES string of the molecule is CC(C)(C)CCc1ccc(C23CCC(C)(C)C2=CN(CCC(=O)O)C(=O)C3)cc1Cl.CC(C)(C)CCc1ccc(C23COC(C)(C)C2=CN(c2ccc(C(=O)O)cc2)C(=O)C3)cc1Cl.CC(C)(C)CCc1ccc([C@@]23COC(C)(C)C2=CN(c2ccc(C(=O)O)cc2)C(=O)C3)cc1Cl.CC(C)(C)COc1ccc(C23CCCC2=NNC(=O)C3)cc1Cl. The van der Waals surface area contributed by atoms with Gasteiger partial charge in [0.25, 0.3) is 0 Å². The number of carboxylic acid groups (broad SMARTS) is 3. The Labute approximate surface area is 734 Å². The summed E-state index contributed by atoms with van der Waals surface area (Å²) < 4.78 is 18.3. The minimum absolute atomic E-state index is 0.00867. The maximum atomic E-state index is 13.4. The number of hydrogen-bond acceptors (Lipinski definition) is 11. The fourth-order valence-electron chi connectivity index (χ4n) is 18.0. The average Bonchev–Trinajstić information content (AvgIpc) is 1.59. The molecule has 18 nitrogen and oxygen atoms in total. The molecule has 0 bridgehead atoms. The normalized spacial score (nSPS) is 22.6. The number of amides is 4. The summed E-state index contributed by atoms with van der Waals surface area (Å²) in [7, 11) is 0. The van der Waals surface area contributed by atoms with Gasteiger partial charge in [-0.25, -0.2) is 15.0 Å². The largest absolute Gasteiger partial charge is 0.491 e. The van der Waals surface area contributed by atoms with Gasteiger partial charge < -0.3 is 34.4 Å². The van der Waals surface area contributed by atoms with Gasteiger partial charge in [0.2, 0.25) is 23.6 Å². The zero-order chi connectivity index (χ0) is 88.8. The number of carbonyl (C=O) groups is 7. The predicted octanol–water partition coefficient (Wildman–Crippen LogP) is 22.8. The third kappa shape index (κ3) is 21.1. The number of carbonyl (C=O) groups excluding carboxylic acids is 4. The highest BCUT2D eigenvalue weighted by atomic mass is 35.5. The van der Waals surface area contributed by atoms with E-state index in [4.69, 9.17) is 65.7 Å². The van der Waals surface area contributed by atoms with Crippen molar-refractivity contribution in [3.8, 4) is 5.75 Å². The van der Waals surface area contributed by atoms with E-state index in [9.17, 15) is 43.8 Å². The molecule has 3 unspecified atom stereocenters. The highest BCUT2D eigenvalue weighted by molar-refractivity contribution is 6.33. The van der Waals surface area contributed by atoms with Crippen LogP contribution >= 0.6 is 46.4 Å². The van der Waals surface area contributed by atoms with Crippen molar-refractivity contribution in [2.45, 2.75) is 260 Å². The van der Waals surface area contributed by atoms with Crippen LogP contribution in [0, 0.1) is 27.1 Å². The first-order valence-corrected chi connectivity index (χ1v) is 43.7. The Bertz CT molecular complexity index is 4930. The molecular formula is C99H121Cl4N5O13. The number of carboxylic acids is 3. The lowest BCUT2D eigenvalue weighted by atomic mass is 9.68. The number of nitrogens with zero attached hydrogens (tertiary/aromatic N) is 4. The Morgan fingerprint density at radius 1 is 0.471 bits per heavy atom. The molecule has 4 atom stereocenters. The Kier molecular flexibility index (Phi) is 27.3. The Balaban J connectivity index is 0.000000159. The van der Waals surface area contributed by atoms with Crippen LogP contribution in [0.2, 0.25) is 20.1 Å². The summed E-state index contributed by atoms with van der Waals surface area (Å²) in [6.07, 6.45) is 17.6. The van der Waals surface area contributed by atoms with Gasteiger partial charge in [0.15, 0.2) is 0 Å². The maximum absolute atomic E-state index is 13.4. The number of aliphatic carboxylic acids is 1. The van der Waals surface area contributed by atoms with Crippen molar-refractivity contribution in [1.82, 2.24) is 10.3 Å². The van der Waals surface area contributed by atoms with E-state index >= 15 is 0 Å². The zero-order valence-electron chi connectivity index (χ0n) is 73.6. The summed E-state index contributed by atoms with van der Waals surface area (Å²) in [5, 5.41) is 34.5.